The molecule has 0 heterocycles. The Kier molecular flexibility index (Phi) is 33.8. The topological polar surface area (TPSA) is 256 Å². The number of hydrogen-bond acceptors (Lipinski definition) is 13. The average molecular weight is 939 g/mol. The Labute approximate surface area is 376 Å². The summed E-state index contributed by atoms with van der Waals surface area (Å²) >= 11 is 0. The van der Waals surface area contributed by atoms with E-state index in [0.29, 0.717) is 12.8 Å². The van der Waals surface area contributed by atoms with Gasteiger partial charge in [0.05, 0.1) is 6.61 Å². The quantitative estimate of drug-likeness (QED) is 0.0132. The van der Waals surface area contributed by atoms with E-state index in [1.165, 1.54) is 51.4 Å². The van der Waals surface area contributed by atoms with Crippen LogP contribution in [0.25, 0.3) is 0 Å². The SMILES string of the molecule is CCC=CCC=CCC=CCC=CCCCCCCC(=O)OC(COC(=O)CCCCCCCCCCCCCCC)COP(=O)(O)OC1C(O)C(O)C(O)C(OP(=O)(O)O)C1O. The van der Waals surface area contributed by atoms with E-state index in [9.17, 15) is 44.0 Å². The van der Waals surface area contributed by atoms with E-state index >= 15 is 0 Å². The summed E-state index contributed by atoms with van der Waals surface area (Å²) < 4.78 is 49.3. The minimum atomic E-state index is -5.37. The van der Waals surface area contributed by atoms with Crippen molar-refractivity contribution in [1.82, 2.24) is 0 Å². The molecular weight excluding hydrogens is 858 g/mol. The Morgan fingerprint density at radius 1 is 0.524 bits per heavy atom. The van der Waals surface area contributed by atoms with E-state index in [-0.39, 0.29) is 12.8 Å². The number of hydrogen-bond donors (Lipinski definition) is 7. The lowest BCUT2D eigenvalue weighted by Gasteiger charge is -2.43. The van der Waals surface area contributed by atoms with Crippen LogP contribution in [0, 0.1) is 0 Å². The van der Waals surface area contributed by atoms with Gasteiger partial charge in [-0.3, -0.25) is 23.2 Å². The van der Waals surface area contributed by atoms with Crippen LogP contribution in [0.2, 0.25) is 0 Å². The molecule has 0 aromatic heterocycles. The van der Waals surface area contributed by atoms with Crippen molar-refractivity contribution in [3.05, 3.63) is 48.6 Å². The first-order chi connectivity index (χ1) is 30.1. The van der Waals surface area contributed by atoms with Gasteiger partial charge in [0.15, 0.2) is 6.10 Å². The maximum absolute atomic E-state index is 13.0. The van der Waals surface area contributed by atoms with Crippen molar-refractivity contribution in [3.63, 3.8) is 0 Å². The number of ether oxygens (including phenoxy) is 2. The Morgan fingerprint density at radius 3 is 1.48 bits per heavy atom. The summed E-state index contributed by atoms with van der Waals surface area (Å²) in [5, 5.41) is 41.2. The second-order valence-electron chi connectivity index (χ2n) is 16.1. The first kappa shape index (κ1) is 59.0. The molecule has 63 heavy (non-hydrogen) atoms. The van der Waals surface area contributed by atoms with E-state index in [0.717, 1.165) is 77.0 Å². The fourth-order valence-corrected chi connectivity index (χ4v) is 8.38. The van der Waals surface area contributed by atoms with Gasteiger partial charge in [-0.2, -0.15) is 0 Å². The lowest BCUT2D eigenvalue weighted by atomic mass is 9.85. The second kappa shape index (κ2) is 36.1. The minimum absolute atomic E-state index is 0.0162. The Morgan fingerprint density at radius 2 is 0.968 bits per heavy atom. The fraction of sp³-hybridized carbons (Fsp3) is 0.778. The standard InChI is InChI=1S/C45H80O16P2/c1-3-5-7-9-11-13-15-17-18-19-20-22-24-26-28-30-32-34-39(47)59-37(35-57-38(46)33-31-29-27-25-23-21-16-14-12-10-8-6-4-2)36-58-63(55,56)61-45-42(50)40(48)41(49)44(43(45)51)60-62(52,53)54/h5,7,11,13,17-18,20,22,37,40-45,48-51H,3-4,6,8-10,12,14-16,19,21,23-36H2,1-2H3,(H,55,56)(H2,52,53,54). The van der Waals surface area contributed by atoms with Gasteiger partial charge in [0.2, 0.25) is 0 Å². The predicted octanol–water partition coefficient (Wildman–Crippen LogP) is 8.51. The number of phosphoric acid groups is 2. The molecule has 0 aromatic carbocycles. The molecule has 8 atom stereocenters. The van der Waals surface area contributed by atoms with E-state index < -0.39 is 83.5 Å². The number of aliphatic hydroxyl groups is 4. The van der Waals surface area contributed by atoms with Crippen molar-refractivity contribution < 1.29 is 76.9 Å². The summed E-state index contributed by atoms with van der Waals surface area (Å²) in [7, 11) is -10.7. The molecule has 0 radical (unpaired) electrons. The molecule has 1 fully saturated rings. The van der Waals surface area contributed by atoms with Crippen LogP contribution < -0.4 is 0 Å². The zero-order valence-electron chi connectivity index (χ0n) is 37.7. The number of esters is 2. The Hall–Kier alpha value is -2.04. The third kappa shape index (κ3) is 30.7. The van der Waals surface area contributed by atoms with E-state index in [1.54, 1.807) is 0 Å². The minimum Gasteiger partial charge on any atom is -0.462 e. The van der Waals surface area contributed by atoms with Crippen LogP contribution in [0.4, 0.5) is 0 Å². The molecule has 1 aliphatic carbocycles. The normalized spacial score (nSPS) is 22.4. The third-order valence-electron chi connectivity index (χ3n) is 10.4. The van der Waals surface area contributed by atoms with Gasteiger partial charge in [0, 0.05) is 12.8 Å². The van der Waals surface area contributed by atoms with Gasteiger partial charge in [-0.05, 0) is 51.4 Å². The van der Waals surface area contributed by atoms with E-state index in [2.05, 4.69) is 67.0 Å². The number of allylic oxidation sites excluding steroid dienone is 8. The maximum Gasteiger partial charge on any atom is 0.472 e. The van der Waals surface area contributed by atoms with Crippen LogP contribution in [-0.4, -0.2) is 103 Å². The molecule has 1 rings (SSSR count). The zero-order valence-corrected chi connectivity index (χ0v) is 39.5. The molecule has 366 valence electrons. The summed E-state index contributed by atoms with van der Waals surface area (Å²) in [5.74, 6) is -1.23. The highest BCUT2D eigenvalue weighted by atomic mass is 31.2. The van der Waals surface area contributed by atoms with Crippen molar-refractivity contribution in [3.8, 4) is 0 Å². The van der Waals surface area contributed by atoms with Crippen LogP contribution in [0.3, 0.4) is 0 Å². The third-order valence-corrected chi connectivity index (χ3v) is 11.9. The van der Waals surface area contributed by atoms with Crippen molar-refractivity contribution in [1.29, 1.82) is 0 Å². The summed E-state index contributed by atoms with van der Waals surface area (Å²) in [6, 6.07) is 0. The highest BCUT2D eigenvalue weighted by Crippen LogP contribution is 2.49. The molecule has 0 saturated heterocycles. The van der Waals surface area contributed by atoms with Gasteiger partial charge in [0.25, 0.3) is 0 Å². The van der Waals surface area contributed by atoms with E-state index in [4.69, 9.17) is 28.3 Å². The molecule has 1 saturated carbocycles. The lowest BCUT2D eigenvalue weighted by Crippen LogP contribution is -2.64. The average Bonchev–Trinajstić information content (AvgIpc) is 3.23. The molecule has 8 unspecified atom stereocenters. The number of phosphoric ester groups is 2. The number of unbranched alkanes of at least 4 members (excludes halogenated alkanes) is 16. The molecule has 18 heteroatoms. The number of carbonyl (C=O) groups excluding carboxylic acids is 2. The zero-order chi connectivity index (χ0) is 46.8. The molecule has 0 spiro atoms. The summed E-state index contributed by atoms with van der Waals surface area (Å²) in [4.78, 5) is 54.2. The molecule has 1 aliphatic rings. The summed E-state index contributed by atoms with van der Waals surface area (Å²) in [5.41, 5.74) is 0. The molecule has 0 bridgehead atoms. The van der Waals surface area contributed by atoms with Gasteiger partial charge in [-0.25, -0.2) is 9.13 Å². The second-order valence-corrected chi connectivity index (χ2v) is 18.7. The van der Waals surface area contributed by atoms with Crippen molar-refractivity contribution in [2.45, 2.75) is 211 Å². The van der Waals surface area contributed by atoms with E-state index in [1.807, 2.05) is 0 Å². The number of rotatable bonds is 38. The summed E-state index contributed by atoms with van der Waals surface area (Å²) in [6.07, 6.45) is 25.0. The highest BCUT2D eigenvalue weighted by Gasteiger charge is 2.54. The monoisotopic (exact) mass is 938 g/mol. The first-order valence-corrected chi connectivity index (χ1v) is 26.2. The molecule has 0 aromatic rings. The Balaban J connectivity index is 2.62. The van der Waals surface area contributed by atoms with Crippen LogP contribution >= 0.6 is 15.6 Å². The molecule has 0 aliphatic heterocycles. The predicted molar refractivity (Wildman–Crippen MR) is 241 cm³/mol. The number of carbonyl (C=O) groups is 2. The van der Waals surface area contributed by atoms with Crippen LogP contribution in [0.1, 0.15) is 168 Å². The van der Waals surface area contributed by atoms with Crippen molar-refractivity contribution in [2.75, 3.05) is 13.2 Å². The van der Waals surface area contributed by atoms with Gasteiger partial charge in [-0.1, -0.05) is 152 Å². The molecule has 7 N–H and O–H groups in total. The van der Waals surface area contributed by atoms with Crippen LogP contribution in [0.5, 0.6) is 0 Å². The van der Waals surface area contributed by atoms with Gasteiger partial charge >= 0.3 is 27.6 Å². The highest BCUT2D eigenvalue weighted by molar-refractivity contribution is 7.47. The van der Waals surface area contributed by atoms with Crippen molar-refractivity contribution in [2.24, 2.45) is 0 Å². The summed E-state index contributed by atoms with van der Waals surface area (Å²) in [6.45, 7) is 2.97. The van der Waals surface area contributed by atoms with Crippen LogP contribution in [-0.2, 0) is 41.8 Å². The van der Waals surface area contributed by atoms with Gasteiger partial charge < -0.3 is 44.6 Å². The lowest BCUT2D eigenvalue weighted by molar-refractivity contribution is -0.216. The first-order valence-electron chi connectivity index (χ1n) is 23.2. The fourth-order valence-electron chi connectivity index (χ4n) is 6.84. The smallest absolute Gasteiger partial charge is 0.462 e. The Bertz CT molecular complexity index is 1420. The molecule has 16 nitrogen and oxygen atoms in total. The number of aliphatic hydroxyl groups excluding tert-OH is 4. The molecular formula is C45H80O16P2. The maximum atomic E-state index is 13.0. The van der Waals surface area contributed by atoms with Gasteiger partial charge in [0.1, 0.15) is 43.2 Å². The molecule has 0 amide bonds. The largest absolute Gasteiger partial charge is 0.472 e. The van der Waals surface area contributed by atoms with Crippen LogP contribution in [0.15, 0.2) is 48.6 Å². The van der Waals surface area contributed by atoms with Crippen molar-refractivity contribution >= 4 is 27.6 Å². The van der Waals surface area contributed by atoms with Gasteiger partial charge in [-0.15, -0.1) is 0 Å².